The van der Waals surface area contributed by atoms with Crippen molar-refractivity contribution in [3.63, 3.8) is 0 Å². The third-order valence-corrected chi connectivity index (χ3v) is 5.55. The van der Waals surface area contributed by atoms with E-state index >= 15 is 0 Å². The molecule has 0 radical (unpaired) electrons. The minimum absolute atomic E-state index is 0.0310. The van der Waals surface area contributed by atoms with Crippen molar-refractivity contribution in [1.82, 2.24) is 9.62 Å². The van der Waals surface area contributed by atoms with Crippen LogP contribution in [0.25, 0.3) is 6.08 Å². The van der Waals surface area contributed by atoms with Crippen molar-refractivity contribution < 1.29 is 17.9 Å². The predicted octanol–water partition coefficient (Wildman–Crippen LogP) is 3.20. The van der Waals surface area contributed by atoms with Crippen LogP contribution in [0, 0.1) is 0 Å². The number of carbonyl (C=O) groups excluding carboxylic acids is 1. The van der Waals surface area contributed by atoms with E-state index in [2.05, 4.69) is 4.72 Å². The van der Waals surface area contributed by atoms with Crippen LogP contribution in [0.5, 0.6) is 5.75 Å². The van der Waals surface area contributed by atoms with Gasteiger partial charge in [-0.1, -0.05) is 48.5 Å². The Balaban J connectivity index is 1.89. The Kier molecular flexibility index (Phi) is 7.78. The summed E-state index contributed by atoms with van der Waals surface area (Å²) in [5.41, 5.74) is 1.68. The van der Waals surface area contributed by atoms with Gasteiger partial charge in [-0.3, -0.25) is 4.79 Å². The topological polar surface area (TPSA) is 75.7 Å². The van der Waals surface area contributed by atoms with E-state index in [1.807, 2.05) is 61.5 Å². The van der Waals surface area contributed by atoms with Crippen LogP contribution >= 0.6 is 0 Å². The van der Waals surface area contributed by atoms with E-state index in [9.17, 15) is 13.2 Å². The molecule has 0 aliphatic rings. The maximum atomic E-state index is 12.5. The molecule has 0 aliphatic carbocycles. The maximum Gasteiger partial charge on any atom is 0.233 e. The Morgan fingerprint density at radius 3 is 2.46 bits per heavy atom. The normalized spacial score (nSPS) is 12.7. The fourth-order valence-electron chi connectivity index (χ4n) is 2.69. The van der Waals surface area contributed by atoms with Crippen molar-refractivity contribution in [2.24, 2.45) is 0 Å². The van der Waals surface area contributed by atoms with Crippen LogP contribution in [-0.4, -0.2) is 39.9 Å². The second-order valence-corrected chi connectivity index (χ2v) is 7.98. The van der Waals surface area contributed by atoms with Gasteiger partial charge in [0.25, 0.3) is 0 Å². The van der Waals surface area contributed by atoms with Gasteiger partial charge in [0.1, 0.15) is 5.75 Å². The van der Waals surface area contributed by atoms with E-state index < -0.39 is 10.0 Å². The first-order chi connectivity index (χ1) is 13.3. The second-order valence-electron chi connectivity index (χ2n) is 6.33. The number of sulfonamides is 1. The molecule has 0 saturated carbocycles. The summed E-state index contributed by atoms with van der Waals surface area (Å²) in [7, 11) is -0.319. The first-order valence-electron chi connectivity index (χ1n) is 8.95. The minimum atomic E-state index is -3.61. The van der Waals surface area contributed by atoms with E-state index in [1.54, 1.807) is 19.1 Å². The molecule has 150 valence electrons. The summed E-state index contributed by atoms with van der Waals surface area (Å²) < 4.78 is 31.9. The highest BCUT2D eigenvalue weighted by Gasteiger charge is 2.20. The van der Waals surface area contributed by atoms with Gasteiger partial charge in [0.2, 0.25) is 15.9 Å². The summed E-state index contributed by atoms with van der Waals surface area (Å²) in [6.45, 7) is 1.94. The molecule has 1 N–H and O–H groups in total. The molecule has 28 heavy (non-hydrogen) atoms. The molecule has 1 unspecified atom stereocenters. The molecule has 0 saturated heterocycles. The maximum absolute atomic E-state index is 12.5. The van der Waals surface area contributed by atoms with Gasteiger partial charge in [-0.15, -0.1) is 0 Å². The number of rotatable bonds is 9. The number of benzene rings is 2. The van der Waals surface area contributed by atoms with Crippen molar-refractivity contribution in [2.75, 3.05) is 20.7 Å². The van der Waals surface area contributed by atoms with E-state index in [0.717, 1.165) is 16.5 Å². The lowest BCUT2D eigenvalue weighted by atomic mass is 10.1. The van der Waals surface area contributed by atoms with Gasteiger partial charge >= 0.3 is 0 Å². The fourth-order valence-corrected chi connectivity index (χ4v) is 3.51. The third-order valence-electron chi connectivity index (χ3n) is 4.44. The molecule has 2 rings (SSSR count). The summed E-state index contributed by atoms with van der Waals surface area (Å²) >= 11 is 0. The van der Waals surface area contributed by atoms with Crippen molar-refractivity contribution in [3.05, 3.63) is 71.1 Å². The lowest BCUT2D eigenvalue weighted by molar-refractivity contribution is -0.131. The average molecular weight is 403 g/mol. The number of nitrogens with zero attached hydrogens (tertiary/aromatic N) is 1. The fraction of sp³-hybridized carbons (Fsp3) is 0.286. The molecule has 2 aromatic rings. The van der Waals surface area contributed by atoms with Crippen molar-refractivity contribution in [2.45, 2.75) is 19.4 Å². The number of hydrogen-bond acceptors (Lipinski definition) is 4. The summed E-state index contributed by atoms with van der Waals surface area (Å²) in [6, 6.07) is 16.5. The molecule has 7 heteroatoms. The molecule has 1 atom stereocenters. The van der Waals surface area contributed by atoms with E-state index in [1.165, 1.54) is 6.08 Å². The van der Waals surface area contributed by atoms with Gasteiger partial charge in [-0.2, -0.15) is 0 Å². The molecule has 0 bridgehead atoms. The lowest BCUT2D eigenvalue weighted by Gasteiger charge is -2.26. The number of para-hydroxylation sites is 1. The van der Waals surface area contributed by atoms with E-state index in [4.69, 9.17) is 4.74 Å². The Bertz CT molecular complexity index is 911. The average Bonchev–Trinajstić information content (AvgIpc) is 2.71. The number of methoxy groups -OCH3 is 1. The van der Waals surface area contributed by atoms with Crippen LogP contribution in [0.1, 0.15) is 30.5 Å². The molecule has 6 nitrogen and oxygen atoms in total. The van der Waals surface area contributed by atoms with Crippen molar-refractivity contribution in [1.29, 1.82) is 0 Å². The van der Waals surface area contributed by atoms with Gasteiger partial charge in [0, 0.05) is 31.0 Å². The smallest absolute Gasteiger partial charge is 0.233 e. The van der Waals surface area contributed by atoms with E-state index in [0.29, 0.717) is 5.75 Å². The molecule has 0 aromatic heterocycles. The third kappa shape index (κ3) is 6.21. The first kappa shape index (κ1) is 21.7. The van der Waals surface area contributed by atoms with Gasteiger partial charge in [0.15, 0.2) is 0 Å². The Hall–Kier alpha value is -2.64. The van der Waals surface area contributed by atoms with Crippen LogP contribution < -0.4 is 9.46 Å². The molecule has 0 fully saturated rings. The highest BCUT2D eigenvalue weighted by Crippen LogP contribution is 2.28. The molecule has 1 amide bonds. The Labute approximate surface area is 166 Å². The number of nitrogens with one attached hydrogen (secondary N) is 1. The molecule has 0 aliphatic heterocycles. The zero-order valence-corrected chi connectivity index (χ0v) is 17.1. The zero-order chi connectivity index (χ0) is 20.6. The van der Waals surface area contributed by atoms with Gasteiger partial charge in [-0.25, -0.2) is 13.1 Å². The second kappa shape index (κ2) is 10.1. The van der Waals surface area contributed by atoms with E-state index in [-0.39, 0.29) is 24.9 Å². The number of hydrogen-bond donors (Lipinski definition) is 1. The summed E-state index contributed by atoms with van der Waals surface area (Å²) in [5, 5.41) is 1.11. The van der Waals surface area contributed by atoms with Crippen LogP contribution in [0.4, 0.5) is 0 Å². The zero-order valence-electron chi connectivity index (χ0n) is 16.3. The monoisotopic (exact) mass is 402 g/mol. The van der Waals surface area contributed by atoms with Gasteiger partial charge in [0.05, 0.1) is 13.2 Å². The number of ether oxygens (including phenoxy) is 1. The number of amides is 1. The Morgan fingerprint density at radius 2 is 1.79 bits per heavy atom. The summed E-state index contributed by atoms with van der Waals surface area (Å²) in [5.74, 6) is 0.551. The molecule has 2 aromatic carbocycles. The van der Waals surface area contributed by atoms with Gasteiger partial charge in [-0.05, 0) is 24.6 Å². The van der Waals surface area contributed by atoms with Crippen molar-refractivity contribution in [3.8, 4) is 5.75 Å². The van der Waals surface area contributed by atoms with Crippen molar-refractivity contribution >= 4 is 22.0 Å². The largest absolute Gasteiger partial charge is 0.496 e. The minimum Gasteiger partial charge on any atom is -0.496 e. The van der Waals surface area contributed by atoms with Gasteiger partial charge < -0.3 is 9.64 Å². The lowest BCUT2D eigenvalue weighted by Crippen LogP contribution is -2.33. The summed E-state index contributed by atoms with van der Waals surface area (Å²) in [6.07, 6.45) is 1.58. The predicted molar refractivity (Wildman–Crippen MR) is 111 cm³/mol. The molecule has 0 heterocycles. The Morgan fingerprint density at radius 1 is 1.14 bits per heavy atom. The van der Waals surface area contributed by atoms with Crippen LogP contribution in [-0.2, 0) is 14.8 Å². The SMILES string of the molecule is COc1ccccc1C(C)N(C)C(=O)CCNS(=O)(=O)/C=C/c1ccccc1. The standard InChI is InChI=1S/C21H26N2O4S/c1-17(19-11-7-8-12-20(19)27-3)23(2)21(24)13-15-22-28(25,26)16-14-18-9-5-4-6-10-18/h4-12,14,16-17,22H,13,15H2,1-3H3/b16-14+. The first-order valence-corrected chi connectivity index (χ1v) is 10.5. The highest BCUT2D eigenvalue weighted by molar-refractivity contribution is 7.92. The summed E-state index contributed by atoms with van der Waals surface area (Å²) in [4.78, 5) is 14.0. The molecule has 0 spiro atoms. The molecular weight excluding hydrogens is 376 g/mol. The quantitative estimate of drug-likeness (QED) is 0.699. The van der Waals surface area contributed by atoms with Crippen LogP contribution in [0.15, 0.2) is 60.0 Å². The number of carbonyl (C=O) groups is 1. The molecular formula is C21H26N2O4S. The van der Waals surface area contributed by atoms with Crippen LogP contribution in [0.3, 0.4) is 0 Å². The highest BCUT2D eigenvalue weighted by atomic mass is 32.2. The van der Waals surface area contributed by atoms with Crippen LogP contribution in [0.2, 0.25) is 0 Å².